The van der Waals surface area contributed by atoms with Crippen molar-refractivity contribution in [2.45, 2.75) is 58.6 Å². The summed E-state index contributed by atoms with van der Waals surface area (Å²) in [6.45, 7) is 14.6. The maximum Gasteiger partial charge on any atom is 0.410 e. The Morgan fingerprint density at radius 2 is 1.65 bits per heavy atom. The monoisotopic (exact) mass is 325 g/mol. The lowest BCUT2D eigenvalue weighted by Crippen LogP contribution is -2.59. The van der Waals surface area contributed by atoms with Gasteiger partial charge in [-0.2, -0.15) is 0 Å². The summed E-state index contributed by atoms with van der Waals surface area (Å²) in [5.74, 6) is 0.269. The lowest BCUT2D eigenvalue weighted by Gasteiger charge is -2.45. The standard InChI is InChI=1S/C17H31N3O3/c1-16(2,3)23-15(22)18-9-11-20(12-10-18)17(4,5)13-19-8-6-7-14(19)21/h6-13H2,1-5H3. The van der Waals surface area contributed by atoms with Crippen LogP contribution < -0.4 is 0 Å². The van der Waals surface area contributed by atoms with Crippen molar-refractivity contribution in [3.8, 4) is 0 Å². The smallest absolute Gasteiger partial charge is 0.410 e. The van der Waals surface area contributed by atoms with Crippen LogP contribution in [0.25, 0.3) is 0 Å². The van der Waals surface area contributed by atoms with E-state index in [0.29, 0.717) is 19.5 Å². The van der Waals surface area contributed by atoms with Gasteiger partial charge in [0.15, 0.2) is 0 Å². The molecule has 0 unspecified atom stereocenters. The van der Waals surface area contributed by atoms with Gasteiger partial charge in [0.05, 0.1) is 0 Å². The number of carbonyl (C=O) groups excluding carboxylic acids is 2. The average molecular weight is 325 g/mol. The van der Waals surface area contributed by atoms with Crippen LogP contribution in [0.2, 0.25) is 0 Å². The zero-order chi connectivity index (χ0) is 17.3. The molecule has 0 atom stereocenters. The highest BCUT2D eigenvalue weighted by atomic mass is 16.6. The van der Waals surface area contributed by atoms with E-state index in [0.717, 1.165) is 32.6 Å². The molecule has 2 aliphatic heterocycles. The minimum absolute atomic E-state index is 0.0694. The third kappa shape index (κ3) is 4.83. The van der Waals surface area contributed by atoms with Gasteiger partial charge < -0.3 is 14.5 Å². The Hall–Kier alpha value is -1.30. The lowest BCUT2D eigenvalue weighted by atomic mass is 10.0. The number of ether oxygens (including phenoxy) is 1. The molecule has 2 heterocycles. The molecule has 0 aromatic carbocycles. The summed E-state index contributed by atoms with van der Waals surface area (Å²) < 4.78 is 5.44. The van der Waals surface area contributed by atoms with Crippen molar-refractivity contribution < 1.29 is 14.3 Å². The Labute approximate surface area is 139 Å². The fraction of sp³-hybridized carbons (Fsp3) is 0.882. The van der Waals surface area contributed by atoms with Crippen molar-refractivity contribution in [2.24, 2.45) is 0 Å². The van der Waals surface area contributed by atoms with Gasteiger partial charge >= 0.3 is 6.09 Å². The van der Waals surface area contributed by atoms with E-state index < -0.39 is 5.60 Å². The zero-order valence-electron chi connectivity index (χ0n) is 15.2. The second-order valence-electron chi connectivity index (χ2n) is 8.19. The van der Waals surface area contributed by atoms with Gasteiger partial charge in [-0.1, -0.05) is 0 Å². The van der Waals surface area contributed by atoms with Gasteiger partial charge in [-0.25, -0.2) is 4.79 Å². The Morgan fingerprint density at radius 1 is 1.04 bits per heavy atom. The topological polar surface area (TPSA) is 53.1 Å². The molecule has 6 heteroatoms. The predicted molar refractivity (Wildman–Crippen MR) is 89.3 cm³/mol. The van der Waals surface area contributed by atoms with Gasteiger partial charge in [0, 0.05) is 51.2 Å². The van der Waals surface area contributed by atoms with Crippen molar-refractivity contribution in [3.05, 3.63) is 0 Å². The van der Waals surface area contributed by atoms with Crippen LogP contribution in [0, 0.1) is 0 Å². The van der Waals surface area contributed by atoms with Crippen LogP contribution in [0.4, 0.5) is 4.79 Å². The number of nitrogens with zero attached hydrogens (tertiary/aromatic N) is 3. The second-order valence-corrected chi connectivity index (χ2v) is 8.19. The molecule has 0 bridgehead atoms. The van der Waals surface area contributed by atoms with E-state index >= 15 is 0 Å². The molecule has 0 aliphatic carbocycles. The molecule has 0 aromatic heterocycles. The molecular weight excluding hydrogens is 294 g/mol. The molecule has 0 saturated carbocycles. The van der Waals surface area contributed by atoms with E-state index in [4.69, 9.17) is 4.74 Å². The molecule has 6 nitrogen and oxygen atoms in total. The minimum Gasteiger partial charge on any atom is -0.444 e. The van der Waals surface area contributed by atoms with Gasteiger partial charge in [0.25, 0.3) is 0 Å². The number of hydrogen-bond acceptors (Lipinski definition) is 4. The first-order chi connectivity index (χ1) is 10.6. The van der Waals surface area contributed by atoms with Gasteiger partial charge in [-0.05, 0) is 41.0 Å². The van der Waals surface area contributed by atoms with Gasteiger partial charge in [0.2, 0.25) is 5.91 Å². The Bertz CT molecular complexity index is 448. The highest BCUT2D eigenvalue weighted by molar-refractivity contribution is 5.78. The predicted octanol–water partition coefficient (Wildman–Crippen LogP) is 1.94. The lowest BCUT2D eigenvalue weighted by molar-refractivity contribution is -0.129. The van der Waals surface area contributed by atoms with Crippen molar-refractivity contribution in [2.75, 3.05) is 39.3 Å². The highest BCUT2D eigenvalue weighted by Crippen LogP contribution is 2.22. The molecule has 0 radical (unpaired) electrons. The first kappa shape index (κ1) is 18.0. The summed E-state index contributed by atoms with van der Waals surface area (Å²) in [4.78, 5) is 30.1. The summed E-state index contributed by atoms with van der Waals surface area (Å²) in [7, 11) is 0. The molecule has 0 spiro atoms. The normalized spacial score (nSPS) is 21.0. The van der Waals surface area contributed by atoms with E-state index in [1.807, 2.05) is 25.7 Å². The summed E-state index contributed by atoms with van der Waals surface area (Å²) >= 11 is 0. The number of amides is 2. The molecule has 2 rings (SSSR count). The van der Waals surface area contributed by atoms with E-state index in [1.165, 1.54) is 0 Å². The van der Waals surface area contributed by atoms with E-state index in [2.05, 4.69) is 18.7 Å². The number of hydrogen-bond donors (Lipinski definition) is 0. The van der Waals surface area contributed by atoms with Crippen LogP contribution in [0.5, 0.6) is 0 Å². The van der Waals surface area contributed by atoms with Gasteiger partial charge in [0.1, 0.15) is 5.60 Å². The van der Waals surface area contributed by atoms with Crippen molar-refractivity contribution >= 4 is 12.0 Å². The summed E-state index contributed by atoms with van der Waals surface area (Å²) in [6.07, 6.45) is 1.42. The largest absolute Gasteiger partial charge is 0.444 e. The minimum atomic E-state index is -0.455. The molecular formula is C17H31N3O3. The van der Waals surface area contributed by atoms with Crippen LogP contribution >= 0.6 is 0 Å². The fourth-order valence-electron chi connectivity index (χ4n) is 3.26. The van der Waals surface area contributed by atoms with E-state index in [1.54, 1.807) is 4.90 Å². The second kappa shape index (κ2) is 6.67. The number of carbonyl (C=O) groups is 2. The van der Waals surface area contributed by atoms with Crippen molar-refractivity contribution in [1.29, 1.82) is 0 Å². The average Bonchev–Trinajstić information content (AvgIpc) is 2.82. The SMILES string of the molecule is CC(C)(C)OC(=O)N1CCN(C(C)(C)CN2CCCC2=O)CC1. The van der Waals surface area contributed by atoms with E-state index in [-0.39, 0.29) is 17.5 Å². The highest BCUT2D eigenvalue weighted by Gasteiger charge is 2.35. The Balaban J connectivity index is 1.85. The van der Waals surface area contributed by atoms with E-state index in [9.17, 15) is 9.59 Å². The fourth-order valence-corrected chi connectivity index (χ4v) is 3.26. The van der Waals surface area contributed by atoms with Crippen LogP contribution in [0.3, 0.4) is 0 Å². The number of piperazine rings is 1. The first-order valence-electron chi connectivity index (χ1n) is 8.59. The Morgan fingerprint density at radius 3 is 2.13 bits per heavy atom. The maximum atomic E-state index is 12.1. The van der Waals surface area contributed by atoms with Crippen LogP contribution in [0.1, 0.15) is 47.5 Å². The molecule has 132 valence electrons. The molecule has 2 saturated heterocycles. The first-order valence-corrected chi connectivity index (χ1v) is 8.59. The summed E-state index contributed by atoms with van der Waals surface area (Å²) in [5.41, 5.74) is -0.524. The molecule has 2 fully saturated rings. The molecule has 0 aromatic rings. The van der Waals surface area contributed by atoms with Crippen LogP contribution in [-0.2, 0) is 9.53 Å². The Kier molecular flexibility index (Phi) is 5.23. The van der Waals surface area contributed by atoms with Gasteiger partial charge in [-0.3, -0.25) is 9.69 Å². The molecule has 2 amide bonds. The van der Waals surface area contributed by atoms with Crippen molar-refractivity contribution in [1.82, 2.24) is 14.7 Å². The third-order valence-corrected chi connectivity index (χ3v) is 4.54. The zero-order valence-corrected chi connectivity index (χ0v) is 15.2. The van der Waals surface area contributed by atoms with Crippen LogP contribution in [0.15, 0.2) is 0 Å². The summed E-state index contributed by atoms with van der Waals surface area (Å²) in [5, 5.41) is 0. The van der Waals surface area contributed by atoms with Crippen molar-refractivity contribution in [3.63, 3.8) is 0 Å². The van der Waals surface area contributed by atoms with Crippen LogP contribution in [-0.4, -0.2) is 77.1 Å². The molecule has 0 N–H and O–H groups in total. The quantitative estimate of drug-likeness (QED) is 0.796. The molecule has 23 heavy (non-hydrogen) atoms. The molecule has 2 aliphatic rings. The number of likely N-dealkylation sites (tertiary alicyclic amines) is 1. The number of rotatable bonds is 3. The maximum absolute atomic E-state index is 12.1. The van der Waals surface area contributed by atoms with Gasteiger partial charge in [-0.15, -0.1) is 0 Å². The summed E-state index contributed by atoms with van der Waals surface area (Å²) in [6, 6.07) is 0. The third-order valence-electron chi connectivity index (χ3n) is 4.54.